The van der Waals surface area contributed by atoms with Gasteiger partial charge in [0.1, 0.15) is 17.0 Å². The fraction of sp³-hybridized carbons (Fsp3) is 0.310. The highest BCUT2D eigenvalue weighted by molar-refractivity contribution is 6.05. The number of halogens is 1. The zero-order chi connectivity index (χ0) is 31.0. The lowest BCUT2D eigenvalue weighted by atomic mass is 10.2. The molecule has 1 saturated carbocycles. The number of nitrogens with one attached hydrogen (secondary N) is 2. The lowest BCUT2D eigenvalue weighted by Gasteiger charge is -2.23. The summed E-state index contributed by atoms with van der Waals surface area (Å²) >= 11 is 0. The Hall–Kier alpha value is -5.47. The fourth-order valence-electron chi connectivity index (χ4n) is 5.01. The summed E-state index contributed by atoms with van der Waals surface area (Å²) in [6, 6.07) is 7.33. The van der Waals surface area contributed by atoms with Gasteiger partial charge in [0.15, 0.2) is 11.5 Å². The molecule has 0 spiro atoms. The number of fused-ring (bicyclic) bond motifs is 1. The summed E-state index contributed by atoms with van der Waals surface area (Å²) < 4.78 is 17.8. The van der Waals surface area contributed by atoms with Crippen molar-refractivity contribution in [2.45, 2.75) is 45.7 Å². The van der Waals surface area contributed by atoms with Gasteiger partial charge in [0, 0.05) is 51.1 Å². The third-order valence-corrected chi connectivity index (χ3v) is 7.20. The first-order chi connectivity index (χ1) is 21.3. The van der Waals surface area contributed by atoms with Gasteiger partial charge >= 0.3 is 5.69 Å². The number of aryl methyl sites for hydroxylation is 1. The van der Waals surface area contributed by atoms with Crippen LogP contribution in [0, 0.1) is 5.95 Å². The summed E-state index contributed by atoms with van der Waals surface area (Å²) in [6.45, 7) is 3.81. The average molecular weight is 601 g/mol. The van der Waals surface area contributed by atoms with E-state index in [1.54, 1.807) is 30.6 Å². The predicted octanol–water partition coefficient (Wildman–Crippen LogP) is 2.20. The van der Waals surface area contributed by atoms with E-state index < -0.39 is 23.1 Å². The summed E-state index contributed by atoms with van der Waals surface area (Å²) in [5, 5.41) is 7.42. The van der Waals surface area contributed by atoms with Gasteiger partial charge in [-0.3, -0.25) is 33.4 Å². The molecular formula is C29H29FN10O4. The molecule has 5 aromatic heterocycles. The van der Waals surface area contributed by atoms with Crippen LogP contribution in [0.3, 0.4) is 0 Å². The largest absolute Gasteiger partial charge is 0.355 e. The number of anilines is 1. The first-order valence-electron chi connectivity index (χ1n) is 14.2. The van der Waals surface area contributed by atoms with Gasteiger partial charge in [-0.2, -0.15) is 9.49 Å². The molecule has 0 radical (unpaired) electrons. The minimum absolute atomic E-state index is 0.0312. The number of amides is 2. The minimum Gasteiger partial charge on any atom is -0.355 e. The van der Waals surface area contributed by atoms with Crippen LogP contribution < -0.4 is 21.5 Å². The van der Waals surface area contributed by atoms with Gasteiger partial charge in [0.05, 0.1) is 17.4 Å². The number of hydrogen-bond acceptors (Lipinski definition) is 8. The third kappa shape index (κ3) is 5.39. The first-order valence-corrected chi connectivity index (χ1v) is 14.2. The van der Waals surface area contributed by atoms with Gasteiger partial charge in [-0.25, -0.2) is 19.4 Å². The normalized spacial score (nSPS) is 12.9. The smallest absolute Gasteiger partial charge is 0.333 e. The molecule has 1 fully saturated rings. The Bertz CT molecular complexity index is 1970. The second-order valence-corrected chi connectivity index (χ2v) is 10.4. The monoisotopic (exact) mass is 600 g/mol. The molecule has 15 heteroatoms. The number of nitrogens with zero attached hydrogens (tertiary/aromatic N) is 8. The molecule has 1 aliphatic rings. The predicted molar refractivity (Wildman–Crippen MR) is 158 cm³/mol. The van der Waals surface area contributed by atoms with Gasteiger partial charge in [0.2, 0.25) is 11.9 Å². The van der Waals surface area contributed by atoms with Gasteiger partial charge < -0.3 is 10.3 Å². The Balaban J connectivity index is 1.52. The molecule has 0 saturated heterocycles. The standard InChI is InChI=1S/C29H29FN10O4/c1-3-12-38-26-24(28(43)39(29(38)44)19-7-8-19)34-25(35-26)21-14-23(40(36-21)20-5-4-10-31-16-20)37(13-11-32-17(2)41)27(42)18-6-9-22(30)33-15-18/h4-6,9-10,14-16,19H,3,7-8,11-13H2,1-2H3,(H,32,41)(H,34,35). The highest BCUT2D eigenvalue weighted by Gasteiger charge is 2.31. The molecule has 14 nitrogen and oxygen atoms in total. The van der Waals surface area contributed by atoms with Crippen molar-refractivity contribution < 1.29 is 14.0 Å². The van der Waals surface area contributed by atoms with Crippen molar-refractivity contribution in [1.29, 1.82) is 0 Å². The van der Waals surface area contributed by atoms with Crippen LogP contribution >= 0.6 is 0 Å². The first kappa shape index (κ1) is 28.6. The maximum absolute atomic E-state index is 13.8. The van der Waals surface area contributed by atoms with Crippen molar-refractivity contribution in [3.05, 3.63) is 81.3 Å². The number of carbonyl (C=O) groups excluding carboxylic acids is 2. The molecule has 44 heavy (non-hydrogen) atoms. The van der Waals surface area contributed by atoms with E-state index in [0.717, 1.165) is 25.1 Å². The molecule has 6 rings (SSSR count). The van der Waals surface area contributed by atoms with E-state index >= 15 is 0 Å². The van der Waals surface area contributed by atoms with Crippen LogP contribution in [0.1, 0.15) is 49.5 Å². The second-order valence-electron chi connectivity index (χ2n) is 10.4. The second kappa shape index (κ2) is 11.7. The van der Waals surface area contributed by atoms with E-state index in [2.05, 4.69) is 25.3 Å². The van der Waals surface area contributed by atoms with Crippen molar-refractivity contribution in [2.75, 3.05) is 18.0 Å². The highest BCUT2D eigenvalue weighted by Crippen LogP contribution is 2.33. The maximum atomic E-state index is 13.8. The van der Waals surface area contributed by atoms with Gasteiger partial charge in [-0.05, 0) is 43.5 Å². The van der Waals surface area contributed by atoms with E-state index in [4.69, 9.17) is 5.10 Å². The maximum Gasteiger partial charge on any atom is 0.333 e. The number of hydrogen-bond donors (Lipinski definition) is 2. The molecule has 0 bridgehead atoms. The molecule has 2 amide bonds. The van der Waals surface area contributed by atoms with Crippen LogP contribution in [0.15, 0.2) is 58.5 Å². The highest BCUT2D eigenvalue weighted by atomic mass is 19.1. The SMILES string of the molecule is CCCn1c(=O)n(C2CC2)c(=O)c2[nH]c(-c3cc(N(CCNC(C)=O)C(=O)c4ccc(F)nc4)n(-c4cccnc4)n3)nc21. The van der Waals surface area contributed by atoms with E-state index in [9.17, 15) is 23.6 Å². The molecule has 0 aliphatic heterocycles. The quantitative estimate of drug-likeness (QED) is 0.230. The van der Waals surface area contributed by atoms with Crippen LogP contribution in [-0.2, 0) is 11.3 Å². The third-order valence-electron chi connectivity index (χ3n) is 7.20. The molecule has 0 aromatic carbocycles. The van der Waals surface area contributed by atoms with Crippen molar-refractivity contribution in [1.82, 2.24) is 44.2 Å². The van der Waals surface area contributed by atoms with Gasteiger partial charge in [-0.15, -0.1) is 0 Å². The lowest BCUT2D eigenvalue weighted by Crippen LogP contribution is -2.39. The van der Waals surface area contributed by atoms with E-state index in [0.29, 0.717) is 18.7 Å². The van der Waals surface area contributed by atoms with Crippen molar-refractivity contribution in [3.8, 4) is 17.2 Å². The Morgan fingerprint density at radius 3 is 2.66 bits per heavy atom. The summed E-state index contributed by atoms with van der Waals surface area (Å²) in [4.78, 5) is 69.0. The summed E-state index contributed by atoms with van der Waals surface area (Å²) in [5.41, 5.74) is 0.481. The fourth-order valence-corrected chi connectivity index (χ4v) is 5.01. The Kier molecular flexibility index (Phi) is 7.59. The summed E-state index contributed by atoms with van der Waals surface area (Å²) in [5.74, 6) is -1.03. The Labute approximate surface area is 249 Å². The molecule has 0 atom stereocenters. The number of aromatic amines is 1. The molecular weight excluding hydrogens is 571 g/mol. The zero-order valence-electron chi connectivity index (χ0n) is 24.0. The Morgan fingerprint density at radius 1 is 1.18 bits per heavy atom. The van der Waals surface area contributed by atoms with Crippen LogP contribution in [0.2, 0.25) is 0 Å². The number of pyridine rings is 2. The van der Waals surface area contributed by atoms with E-state index in [-0.39, 0.29) is 59.1 Å². The van der Waals surface area contributed by atoms with Gasteiger partial charge in [-0.1, -0.05) is 6.92 Å². The topological polar surface area (TPSA) is 166 Å². The molecule has 2 N–H and O–H groups in total. The average Bonchev–Trinajstić information content (AvgIpc) is 3.58. The number of aromatic nitrogens is 8. The summed E-state index contributed by atoms with van der Waals surface area (Å²) in [6.07, 6.45) is 6.46. The number of carbonyl (C=O) groups is 2. The molecule has 0 unspecified atom stereocenters. The lowest BCUT2D eigenvalue weighted by molar-refractivity contribution is -0.118. The molecule has 5 aromatic rings. The van der Waals surface area contributed by atoms with Crippen molar-refractivity contribution >= 4 is 28.8 Å². The van der Waals surface area contributed by atoms with Crippen LogP contribution in [0.25, 0.3) is 28.4 Å². The van der Waals surface area contributed by atoms with Crippen LogP contribution in [-0.4, -0.2) is 63.8 Å². The molecule has 1 aliphatic carbocycles. The van der Waals surface area contributed by atoms with Crippen molar-refractivity contribution in [2.24, 2.45) is 0 Å². The van der Waals surface area contributed by atoms with E-state index in [1.807, 2.05) is 6.92 Å². The van der Waals surface area contributed by atoms with Crippen LogP contribution in [0.4, 0.5) is 10.2 Å². The molecule has 5 heterocycles. The van der Waals surface area contributed by atoms with E-state index in [1.165, 1.54) is 31.7 Å². The molecule has 226 valence electrons. The van der Waals surface area contributed by atoms with Crippen molar-refractivity contribution in [3.63, 3.8) is 0 Å². The number of imidazole rings is 1. The summed E-state index contributed by atoms with van der Waals surface area (Å²) in [7, 11) is 0. The van der Waals surface area contributed by atoms with Gasteiger partial charge in [0.25, 0.3) is 11.5 Å². The Morgan fingerprint density at radius 2 is 2.00 bits per heavy atom. The number of H-pyrrole nitrogens is 1. The number of rotatable bonds is 10. The van der Waals surface area contributed by atoms with Crippen LogP contribution in [0.5, 0.6) is 0 Å². The zero-order valence-corrected chi connectivity index (χ0v) is 24.0. The minimum atomic E-state index is -0.735.